The van der Waals surface area contributed by atoms with Crippen molar-refractivity contribution in [3.63, 3.8) is 0 Å². The summed E-state index contributed by atoms with van der Waals surface area (Å²) in [5.41, 5.74) is 0. The van der Waals surface area contributed by atoms with Crippen molar-refractivity contribution in [3.05, 3.63) is 0 Å². The smallest absolute Gasteiger partial charge is 0.0465 e. The molecule has 0 bridgehead atoms. The van der Waals surface area contributed by atoms with Gasteiger partial charge in [-0.15, -0.1) is 0 Å². The third kappa shape index (κ3) is 3.03. The first-order valence-corrected chi connectivity index (χ1v) is 7.52. The number of rotatable bonds is 8. The molecule has 1 N–H and O–H groups in total. The van der Waals surface area contributed by atoms with E-state index < -0.39 is 0 Å². The molecule has 0 saturated heterocycles. The lowest BCUT2D eigenvalue weighted by Gasteiger charge is -2.27. The normalized spacial score (nSPS) is 34.4. The molecule has 0 aromatic carbocycles. The summed E-state index contributed by atoms with van der Waals surface area (Å²) in [6, 6.07) is 0.750. The molecule has 0 aromatic heterocycles. The van der Waals surface area contributed by atoms with E-state index in [1.54, 1.807) is 0 Å². The van der Waals surface area contributed by atoms with Crippen molar-refractivity contribution in [2.45, 2.75) is 52.0 Å². The van der Waals surface area contributed by atoms with Crippen LogP contribution in [0.4, 0.5) is 0 Å². The average Bonchev–Trinajstić information content (AvgIpc) is 2.80. The lowest BCUT2D eigenvalue weighted by molar-refractivity contribution is 0.164. The Kier molecular flexibility index (Phi) is 4.87. The zero-order valence-corrected chi connectivity index (χ0v) is 11.7. The van der Waals surface area contributed by atoms with Crippen LogP contribution in [0.25, 0.3) is 0 Å². The summed E-state index contributed by atoms with van der Waals surface area (Å²) in [5, 5.41) is 3.81. The van der Waals surface area contributed by atoms with Gasteiger partial charge in [-0.25, -0.2) is 0 Å². The molecular weight excluding hydrogens is 210 g/mol. The SMILES string of the molecule is CCCNC(C(C)CCOC)C1C2CCCC21. The minimum absolute atomic E-state index is 0.750. The van der Waals surface area contributed by atoms with E-state index in [-0.39, 0.29) is 0 Å². The monoisotopic (exact) mass is 239 g/mol. The molecule has 0 heterocycles. The van der Waals surface area contributed by atoms with Gasteiger partial charge in [0.15, 0.2) is 0 Å². The summed E-state index contributed by atoms with van der Waals surface area (Å²) in [7, 11) is 1.81. The predicted molar refractivity (Wildman–Crippen MR) is 72.1 cm³/mol. The Morgan fingerprint density at radius 2 is 2.00 bits per heavy atom. The molecule has 2 aliphatic rings. The van der Waals surface area contributed by atoms with E-state index in [1.165, 1.54) is 38.6 Å². The molecule has 2 saturated carbocycles. The van der Waals surface area contributed by atoms with Crippen LogP contribution < -0.4 is 5.32 Å². The van der Waals surface area contributed by atoms with Crippen LogP contribution in [0.1, 0.15) is 46.0 Å². The highest BCUT2D eigenvalue weighted by Crippen LogP contribution is 2.60. The third-order valence-electron chi connectivity index (χ3n) is 4.91. The largest absolute Gasteiger partial charge is 0.385 e. The van der Waals surface area contributed by atoms with E-state index in [9.17, 15) is 0 Å². The van der Waals surface area contributed by atoms with Gasteiger partial charge in [0.2, 0.25) is 0 Å². The average molecular weight is 239 g/mol. The van der Waals surface area contributed by atoms with Crippen molar-refractivity contribution >= 4 is 0 Å². The fourth-order valence-electron chi connectivity index (χ4n) is 3.92. The number of nitrogens with one attached hydrogen (secondary N) is 1. The molecule has 0 radical (unpaired) electrons. The highest BCUT2D eigenvalue weighted by molar-refractivity contribution is 5.07. The molecule has 0 amide bonds. The van der Waals surface area contributed by atoms with Gasteiger partial charge >= 0.3 is 0 Å². The van der Waals surface area contributed by atoms with Gasteiger partial charge in [0.25, 0.3) is 0 Å². The molecule has 2 nitrogen and oxygen atoms in total. The van der Waals surface area contributed by atoms with Gasteiger partial charge in [-0.2, -0.15) is 0 Å². The maximum absolute atomic E-state index is 5.23. The lowest BCUT2D eigenvalue weighted by Crippen LogP contribution is -2.39. The van der Waals surface area contributed by atoms with Crippen LogP contribution in [0.5, 0.6) is 0 Å². The second-order valence-corrected chi connectivity index (χ2v) is 6.07. The number of fused-ring (bicyclic) bond motifs is 1. The quantitative estimate of drug-likeness (QED) is 0.703. The van der Waals surface area contributed by atoms with E-state index in [0.29, 0.717) is 0 Å². The van der Waals surface area contributed by atoms with Crippen molar-refractivity contribution < 1.29 is 4.74 Å². The first-order chi connectivity index (χ1) is 8.29. The Morgan fingerprint density at radius 3 is 2.59 bits per heavy atom. The summed E-state index contributed by atoms with van der Waals surface area (Å²) < 4.78 is 5.23. The summed E-state index contributed by atoms with van der Waals surface area (Å²) in [4.78, 5) is 0. The number of methoxy groups -OCH3 is 1. The Balaban J connectivity index is 1.84. The Bertz CT molecular complexity index is 221. The molecule has 2 rings (SSSR count). The minimum Gasteiger partial charge on any atom is -0.385 e. The van der Waals surface area contributed by atoms with Crippen LogP contribution in [-0.4, -0.2) is 26.3 Å². The minimum atomic E-state index is 0.750. The van der Waals surface area contributed by atoms with Crippen molar-refractivity contribution in [2.24, 2.45) is 23.7 Å². The number of ether oxygens (including phenoxy) is 1. The first kappa shape index (κ1) is 13.4. The molecule has 4 atom stereocenters. The zero-order chi connectivity index (χ0) is 12.3. The van der Waals surface area contributed by atoms with Crippen molar-refractivity contribution in [3.8, 4) is 0 Å². The highest BCUT2D eigenvalue weighted by atomic mass is 16.5. The van der Waals surface area contributed by atoms with Gasteiger partial charge in [-0.3, -0.25) is 0 Å². The zero-order valence-electron chi connectivity index (χ0n) is 11.7. The molecule has 100 valence electrons. The highest BCUT2D eigenvalue weighted by Gasteiger charge is 2.56. The Morgan fingerprint density at radius 1 is 1.29 bits per heavy atom. The summed E-state index contributed by atoms with van der Waals surface area (Å²) in [6.07, 6.45) is 6.93. The van der Waals surface area contributed by atoms with Gasteiger partial charge in [0.1, 0.15) is 0 Å². The standard InChI is InChI=1S/C15H29NO/c1-4-9-16-15(11(2)8-10-17-3)14-12-6-5-7-13(12)14/h11-16H,4-10H2,1-3H3. The summed E-state index contributed by atoms with van der Waals surface area (Å²) >= 11 is 0. The molecule has 2 heteroatoms. The van der Waals surface area contributed by atoms with E-state index in [2.05, 4.69) is 19.2 Å². The van der Waals surface area contributed by atoms with Crippen LogP contribution in [0.3, 0.4) is 0 Å². The van der Waals surface area contributed by atoms with Crippen LogP contribution >= 0.6 is 0 Å². The predicted octanol–water partition coefficient (Wildman–Crippen LogP) is 3.07. The number of hydrogen-bond acceptors (Lipinski definition) is 2. The van der Waals surface area contributed by atoms with Gasteiger partial charge in [0, 0.05) is 19.8 Å². The maximum atomic E-state index is 5.23. The van der Waals surface area contributed by atoms with Gasteiger partial charge in [-0.1, -0.05) is 20.3 Å². The summed E-state index contributed by atoms with van der Waals surface area (Å²) in [5.74, 6) is 3.88. The van der Waals surface area contributed by atoms with Crippen LogP contribution in [0.2, 0.25) is 0 Å². The molecular formula is C15H29NO. The molecule has 0 aromatic rings. The maximum Gasteiger partial charge on any atom is 0.0465 e. The van der Waals surface area contributed by atoms with Crippen LogP contribution in [0.15, 0.2) is 0 Å². The molecule has 0 aliphatic heterocycles. The molecule has 0 spiro atoms. The molecule has 17 heavy (non-hydrogen) atoms. The number of hydrogen-bond donors (Lipinski definition) is 1. The van der Waals surface area contributed by atoms with Crippen LogP contribution in [-0.2, 0) is 4.74 Å². The van der Waals surface area contributed by atoms with Gasteiger partial charge in [-0.05, 0) is 55.9 Å². The topological polar surface area (TPSA) is 21.3 Å². The van der Waals surface area contributed by atoms with Crippen molar-refractivity contribution in [1.29, 1.82) is 0 Å². The van der Waals surface area contributed by atoms with Crippen molar-refractivity contribution in [2.75, 3.05) is 20.3 Å². The van der Waals surface area contributed by atoms with Gasteiger partial charge < -0.3 is 10.1 Å². The third-order valence-corrected chi connectivity index (χ3v) is 4.91. The van der Waals surface area contributed by atoms with E-state index in [1.807, 2.05) is 7.11 Å². The Labute approximate surface area is 107 Å². The fraction of sp³-hybridized carbons (Fsp3) is 1.00. The van der Waals surface area contributed by atoms with Gasteiger partial charge in [0.05, 0.1) is 0 Å². The first-order valence-electron chi connectivity index (χ1n) is 7.52. The van der Waals surface area contributed by atoms with Crippen LogP contribution in [0, 0.1) is 23.7 Å². The molecule has 4 unspecified atom stereocenters. The second-order valence-electron chi connectivity index (χ2n) is 6.07. The molecule has 2 fully saturated rings. The Hall–Kier alpha value is -0.0800. The summed E-state index contributed by atoms with van der Waals surface area (Å²) in [6.45, 7) is 6.75. The second kappa shape index (κ2) is 6.19. The van der Waals surface area contributed by atoms with E-state index >= 15 is 0 Å². The molecule has 2 aliphatic carbocycles. The van der Waals surface area contributed by atoms with Crippen molar-refractivity contribution in [1.82, 2.24) is 5.32 Å². The lowest BCUT2D eigenvalue weighted by atomic mass is 9.90. The van der Waals surface area contributed by atoms with E-state index in [0.717, 1.165) is 36.3 Å². The fourth-order valence-corrected chi connectivity index (χ4v) is 3.92. The van der Waals surface area contributed by atoms with E-state index in [4.69, 9.17) is 4.74 Å².